The summed E-state index contributed by atoms with van der Waals surface area (Å²) in [5.74, 6) is 0.620. The second-order valence-corrected chi connectivity index (χ2v) is 5.75. The van der Waals surface area contributed by atoms with Crippen LogP contribution in [0.4, 0.5) is 13.2 Å². The number of hydrogen-bond donors (Lipinski definition) is 1. The lowest BCUT2D eigenvalue weighted by molar-refractivity contribution is -0.175. The molecule has 0 aromatic rings. The Bertz CT molecular complexity index is 259. The molecule has 1 saturated heterocycles. The maximum absolute atomic E-state index is 12.0. The quantitative estimate of drug-likeness (QED) is 0.756. The second kappa shape index (κ2) is 7.45. The Hall–Kier alpha value is -0.330. The number of nitrogens with one attached hydrogen (secondary N) is 1. The minimum absolute atomic E-state index is 0.137. The van der Waals surface area contributed by atoms with Crippen LogP contribution in [-0.4, -0.2) is 56.0 Å². The Morgan fingerprint density at radius 2 is 2.05 bits per heavy atom. The number of nitrogens with zero attached hydrogens (tertiary/aromatic N) is 1. The molecule has 0 aromatic heterocycles. The van der Waals surface area contributed by atoms with E-state index in [4.69, 9.17) is 0 Å². The number of hydrogen-bond acceptors (Lipinski definition) is 3. The van der Waals surface area contributed by atoms with Crippen molar-refractivity contribution in [2.75, 3.05) is 32.8 Å². The number of piperazine rings is 1. The molecule has 2 atom stereocenters. The van der Waals surface area contributed by atoms with E-state index in [1.54, 1.807) is 0 Å². The second-order valence-electron chi connectivity index (χ2n) is 5.75. The molecule has 1 aliphatic rings. The molecule has 1 rings (SSSR count). The monoisotopic (exact) mass is 282 g/mol. The molecule has 6 heteroatoms. The van der Waals surface area contributed by atoms with Gasteiger partial charge in [0.25, 0.3) is 0 Å². The third-order valence-electron chi connectivity index (χ3n) is 3.32. The SMILES string of the molecule is CC(C)CC1CN(CCOCC(F)(F)F)C(C)CN1. The van der Waals surface area contributed by atoms with E-state index in [0.29, 0.717) is 24.5 Å². The highest BCUT2D eigenvalue weighted by molar-refractivity contribution is 4.84. The first kappa shape index (κ1) is 16.7. The van der Waals surface area contributed by atoms with Gasteiger partial charge in [0.2, 0.25) is 0 Å². The molecular weight excluding hydrogens is 257 g/mol. The van der Waals surface area contributed by atoms with Crippen molar-refractivity contribution in [3.8, 4) is 0 Å². The van der Waals surface area contributed by atoms with Crippen LogP contribution in [0.3, 0.4) is 0 Å². The van der Waals surface area contributed by atoms with Crippen LogP contribution in [-0.2, 0) is 4.74 Å². The van der Waals surface area contributed by atoms with Crippen LogP contribution in [0.5, 0.6) is 0 Å². The van der Waals surface area contributed by atoms with Gasteiger partial charge in [-0.05, 0) is 19.3 Å². The topological polar surface area (TPSA) is 24.5 Å². The van der Waals surface area contributed by atoms with Crippen LogP contribution in [0.15, 0.2) is 0 Å². The lowest BCUT2D eigenvalue weighted by Gasteiger charge is -2.39. The molecular formula is C13H25F3N2O. The summed E-state index contributed by atoms with van der Waals surface area (Å²) in [5.41, 5.74) is 0. The van der Waals surface area contributed by atoms with Crippen LogP contribution in [0.1, 0.15) is 27.2 Å². The average Bonchev–Trinajstić information content (AvgIpc) is 2.26. The standard InChI is InChI=1S/C13H25F3N2O/c1-10(2)6-12-8-18(11(3)7-17-12)4-5-19-9-13(14,15)16/h10-12,17H,4-9H2,1-3H3. The normalized spacial score (nSPS) is 26.1. The molecule has 3 nitrogen and oxygen atoms in total. The van der Waals surface area contributed by atoms with Gasteiger partial charge in [0, 0.05) is 31.7 Å². The van der Waals surface area contributed by atoms with E-state index in [0.717, 1.165) is 19.5 Å². The van der Waals surface area contributed by atoms with Crippen molar-refractivity contribution in [1.82, 2.24) is 10.2 Å². The molecule has 1 fully saturated rings. The Morgan fingerprint density at radius 3 is 2.63 bits per heavy atom. The zero-order chi connectivity index (χ0) is 14.5. The fourth-order valence-electron chi connectivity index (χ4n) is 2.40. The predicted octanol–water partition coefficient (Wildman–Crippen LogP) is 2.27. The third kappa shape index (κ3) is 7.13. The summed E-state index contributed by atoms with van der Waals surface area (Å²) >= 11 is 0. The van der Waals surface area contributed by atoms with Gasteiger partial charge in [0.1, 0.15) is 6.61 Å². The van der Waals surface area contributed by atoms with Crippen molar-refractivity contribution in [1.29, 1.82) is 0 Å². The van der Waals surface area contributed by atoms with Crippen LogP contribution < -0.4 is 5.32 Å². The molecule has 1 aliphatic heterocycles. The molecule has 0 spiro atoms. The number of rotatable bonds is 6. The zero-order valence-electron chi connectivity index (χ0n) is 12.0. The van der Waals surface area contributed by atoms with E-state index >= 15 is 0 Å². The van der Waals surface area contributed by atoms with Gasteiger partial charge >= 0.3 is 6.18 Å². The van der Waals surface area contributed by atoms with Gasteiger partial charge in [-0.1, -0.05) is 13.8 Å². The van der Waals surface area contributed by atoms with Gasteiger partial charge in [-0.25, -0.2) is 0 Å². The van der Waals surface area contributed by atoms with Crippen LogP contribution in [0.25, 0.3) is 0 Å². The highest BCUT2D eigenvalue weighted by Gasteiger charge is 2.28. The van der Waals surface area contributed by atoms with Gasteiger partial charge in [0.05, 0.1) is 6.61 Å². The Kier molecular flexibility index (Phi) is 6.56. The highest BCUT2D eigenvalue weighted by atomic mass is 19.4. The van der Waals surface area contributed by atoms with Crippen molar-refractivity contribution >= 4 is 0 Å². The molecule has 1 heterocycles. The molecule has 0 aliphatic carbocycles. The maximum atomic E-state index is 12.0. The first-order chi connectivity index (χ1) is 8.78. The Labute approximate surface area is 113 Å². The summed E-state index contributed by atoms with van der Waals surface area (Å²) in [6, 6.07) is 0.775. The Morgan fingerprint density at radius 1 is 1.37 bits per heavy atom. The summed E-state index contributed by atoms with van der Waals surface area (Å²) in [6.45, 7) is 7.76. The first-order valence-corrected chi connectivity index (χ1v) is 6.90. The summed E-state index contributed by atoms with van der Waals surface area (Å²) in [7, 11) is 0. The number of halogens is 3. The largest absolute Gasteiger partial charge is 0.411 e. The molecule has 0 bridgehead atoms. The van der Waals surface area contributed by atoms with E-state index < -0.39 is 12.8 Å². The first-order valence-electron chi connectivity index (χ1n) is 6.90. The van der Waals surface area contributed by atoms with Gasteiger partial charge < -0.3 is 10.1 Å². The summed E-state index contributed by atoms with van der Waals surface area (Å²) in [6.07, 6.45) is -3.14. The predicted molar refractivity (Wildman–Crippen MR) is 69.2 cm³/mol. The van der Waals surface area contributed by atoms with Crippen LogP contribution in [0, 0.1) is 5.92 Å². The van der Waals surface area contributed by atoms with E-state index in [1.807, 2.05) is 0 Å². The fraction of sp³-hybridized carbons (Fsp3) is 1.00. The van der Waals surface area contributed by atoms with Crippen molar-refractivity contribution in [2.24, 2.45) is 5.92 Å². The summed E-state index contributed by atoms with van der Waals surface area (Å²) in [4.78, 5) is 2.21. The fourth-order valence-corrected chi connectivity index (χ4v) is 2.40. The zero-order valence-corrected chi connectivity index (χ0v) is 12.0. The molecule has 0 saturated carbocycles. The number of alkyl halides is 3. The minimum atomic E-state index is -4.23. The molecule has 114 valence electrons. The molecule has 1 N–H and O–H groups in total. The molecule has 0 amide bonds. The minimum Gasteiger partial charge on any atom is -0.371 e. The van der Waals surface area contributed by atoms with E-state index in [9.17, 15) is 13.2 Å². The molecule has 2 unspecified atom stereocenters. The third-order valence-corrected chi connectivity index (χ3v) is 3.32. The van der Waals surface area contributed by atoms with Gasteiger partial charge in [0.15, 0.2) is 0 Å². The number of ether oxygens (including phenoxy) is 1. The molecule has 19 heavy (non-hydrogen) atoms. The Balaban J connectivity index is 2.26. The van der Waals surface area contributed by atoms with Gasteiger partial charge in [-0.3, -0.25) is 4.90 Å². The van der Waals surface area contributed by atoms with Gasteiger partial charge in [-0.2, -0.15) is 13.2 Å². The summed E-state index contributed by atoms with van der Waals surface area (Å²) < 4.78 is 40.5. The highest BCUT2D eigenvalue weighted by Crippen LogP contribution is 2.15. The average molecular weight is 282 g/mol. The van der Waals surface area contributed by atoms with Crippen LogP contribution >= 0.6 is 0 Å². The van der Waals surface area contributed by atoms with E-state index in [1.165, 1.54) is 0 Å². The molecule has 0 aromatic carbocycles. The van der Waals surface area contributed by atoms with Gasteiger partial charge in [-0.15, -0.1) is 0 Å². The smallest absolute Gasteiger partial charge is 0.371 e. The lowest BCUT2D eigenvalue weighted by atomic mass is 10.0. The lowest BCUT2D eigenvalue weighted by Crippen LogP contribution is -2.56. The van der Waals surface area contributed by atoms with Crippen molar-refractivity contribution in [2.45, 2.75) is 45.5 Å². The maximum Gasteiger partial charge on any atom is 0.411 e. The van der Waals surface area contributed by atoms with E-state index in [-0.39, 0.29) is 6.61 Å². The summed E-state index contributed by atoms with van der Waals surface area (Å²) in [5, 5.41) is 3.48. The molecule has 0 radical (unpaired) electrons. The van der Waals surface area contributed by atoms with Crippen molar-refractivity contribution in [3.63, 3.8) is 0 Å². The van der Waals surface area contributed by atoms with Crippen molar-refractivity contribution < 1.29 is 17.9 Å². The van der Waals surface area contributed by atoms with Crippen molar-refractivity contribution in [3.05, 3.63) is 0 Å². The van der Waals surface area contributed by atoms with Crippen LogP contribution in [0.2, 0.25) is 0 Å². The van der Waals surface area contributed by atoms with E-state index in [2.05, 4.69) is 35.7 Å².